The molecule has 0 unspecified atom stereocenters. The van der Waals surface area contributed by atoms with Gasteiger partial charge in [-0.3, -0.25) is 4.79 Å². The molecular formula is C10H7BrO3. The molecule has 0 amide bonds. The lowest BCUT2D eigenvalue weighted by Crippen LogP contribution is -1.85. The Kier molecular flexibility index (Phi) is 2.07. The third kappa shape index (κ3) is 1.42. The number of benzene rings is 1. The molecule has 0 aliphatic rings. The van der Waals surface area contributed by atoms with Crippen molar-refractivity contribution in [2.45, 2.75) is 6.92 Å². The van der Waals surface area contributed by atoms with Gasteiger partial charge in [0.1, 0.15) is 0 Å². The number of hydrogen-bond donors (Lipinski definition) is 1. The van der Waals surface area contributed by atoms with Crippen molar-refractivity contribution in [1.82, 2.24) is 0 Å². The van der Waals surface area contributed by atoms with E-state index in [1.54, 1.807) is 12.1 Å². The normalized spacial score (nSPS) is 10.7. The molecule has 1 heterocycles. The molecule has 3 nitrogen and oxygen atoms in total. The Morgan fingerprint density at radius 1 is 1.43 bits per heavy atom. The highest BCUT2D eigenvalue weighted by molar-refractivity contribution is 9.10. The van der Waals surface area contributed by atoms with E-state index in [4.69, 9.17) is 4.42 Å². The van der Waals surface area contributed by atoms with Crippen LogP contribution >= 0.6 is 15.9 Å². The summed E-state index contributed by atoms with van der Waals surface area (Å²) in [6.07, 6.45) is 0. The zero-order valence-corrected chi connectivity index (χ0v) is 8.96. The fourth-order valence-electron chi connectivity index (χ4n) is 1.27. The summed E-state index contributed by atoms with van der Waals surface area (Å²) in [5, 5.41) is 10.2. The number of hydrogen-bond acceptors (Lipinski definition) is 3. The first-order valence-electron chi connectivity index (χ1n) is 4.01. The van der Waals surface area contributed by atoms with Crippen molar-refractivity contribution in [3.63, 3.8) is 0 Å². The van der Waals surface area contributed by atoms with Crippen molar-refractivity contribution in [1.29, 1.82) is 0 Å². The van der Waals surface area contributed by atoms with Gasteiger partial charge in [-0.15, -0.1) is 0 Å². The molecule has 0 saturated heterocycles. The largest absolute Gasteiger partial charge is 0.504 e. The fraction of sp³-hybridized carbons (Fsp3) is 0.100. The number of fused-ring (bicyclic) bond motifs is 1. The first-order chi connectivity index (χ1) is 6.58. The smallest absolute Gasteiger partial charge is 0.194 e. The van der Waals surface area contributed by atoms with Gasteiger partial charge in [0, 0.05) is 16.8 Å². The highest BCUT2D eigenvalue weighted by Gasteiger charge is 2.11. The lowest BCUT2D eigenvalue weighted by atomic mass is 10.2. The van der Waals surface area contributed by atoms with Gasteiger partial charge in [0.05, 0.1) is 0 Å². The molecule has 14 heavy (non-hydrogen) atoms. The zero-order chi connectivity index (χ0) is 10.3. The molecule has 2 rings (SSSR count). The minimum absolute atomic E-state index is 0.0295. The summed E-state index contributed by atoms with van der Waals surface area (Å²) >= 11 is 3.24. The van der Waals surface area contributed by atoms with Crippen LogP contribution in [0, 0.1) is 0 Å². The number of furan rings is 1. The van der Waals surface area contributed by atoms with Gasteiger partial charge in [0.25, 0.3) is 0 Å². The molecule has 0 radical (unpaired) electrons. The molecular weight excluding hydrogens is 248 g/mol. The molecule has 0 fully saturated rings. The summed E-state index contributed by atoms with van der Waals surface area (Å²) in [6, 6.07) is 4.92. The summed E-state index contributed by atoms with van der Waals surface area (Å²) < 4.78 is 5.94. The Hall–Kier alpha value is -1.29. The molecule has 72 valence electrons. The molecule has 1 aromatic heterocycles. The lowest BCUT2D eigenvalue weighted by molar-refractivity contribution is 0.0989. The van der Waals surface area contributed by atoms with Gasteiger partial charge >= 0.3 is 0 Å². The van der Waals surface area contributed by atoms with Gasteiger partial charge in [-0.2, -0.15) is 0 Å². The van der Waals surface area contributed by atoms with Crippen LogP contribution in [0.2, 0.25) is 0 Å². The highest BCUT2D eigenvalue weighted by atomic mass is 79.9. The monoisotopic (exact) mass is 254 g/mol. The molecule has 0 spiro atoms. The van der Waals surface area contributed by atoms with Gasteiger partial charge in [-0.1, -0.05) is 15.9 Å². The maximum absolute atomic E-state index is 11.0. The minimum Gasteiger partial charge on any atom is -0.504 e. The molecule has 0 aliphatic carbocycles. The second-order valence-corrected chi connectivity index (χ2v) is 3.93. The third-order valence-electron chi connectivity index (χ3n) is 1.91. The molecule has 0 aliphatic heterocycles. The van der Waals surface area contributed by atoms with Crippen molar-refractivity contribution in [2.24, 2.45) is 0 Å². The Morgan fingerprint density at radius 3 is 2.79 bits per heavy atom. The third-order valence-corrected chi connectivity index (χ3v) is 2.37. The van der Waals surface area contributed by atoms with Gasteiger partial charge in [-0.25, -0.2) is 0 Å². The van der Waals surface area contributed by atoms with E-state index in [-0.39, 0.29) is 17.3 Å². The summed E-state index contributed by atoms with van der Waals surface area (Å²) in [7, 11) is 0. The van der Waals surface area contributed by atoms with Gasteiger partial charge in [-0.05, 0) is 18.2 Å². The molecule has 0 saturated carbocycles. The number of phenolic OH excluding ortho intramolecular Hbond substituents is 1. The fourth-order valence-corrected chi connectivity index (χ4v) is 1.74. The van der Waals surface area contributed by atoms with Crippen LogP contribution in [-0.2, 0) is 0 Å². The SMILES string of the molecule is CC(=O)c1cc2cc(Br)cc(O)c2o1. The number of Topliss-reactive ketones (excluding diaryl/α,β-unsaturated/α-hetero) is 1. The van der Waals surface area contributed by atoms with Crippen molar-refractivity contribution in [3.8, 4) is 5.75 Å². The average molecular weight is 255 g/mol. The summed E-state index contributed by atoms with van der Waals surface area (Å²) in [5.41, 5.74) is 0.346. The van der Waals surface area contributed by atoms with E-state index in [9.17, 15) is 9.90 Å². The predicted molar refractivity (Wildman–Crippen MR) is 55.6 cm³/mol. The van der Waals surface area contributed by atoms with Crippen LogP contribution in [0.15, 0.2) is 27.1 Å². The number of halogens is 1. The maximum atomic E-state index is 11.0. The van der Waals surface area contributed by atoms with Crippen molar-refractivity contribution in [2.75, 3.05) is 0 Å². The topological polar surface area (TPSA) is 50.4 Å². The van der Waals surface area contributed by atoms with Gasteiger partial charge in [0.2, 0.25) is 0 Å². The quantitative estimate of drug-likeness (QED) is 0.796. The molecule has 2 aromatic rings. The summed E-state index contributed by atoms with van der Waals surface area (Å²) in [5.74, 6) is 0.131. The number of ketones is 1. The highest BCUT2D eigenvalue weighted by Crippen LogP contribution is 2.31. The number of rotatable bonds is 1. The first kappa shape index (κ1) is 9.27. The zero-order valence-electron chi connectivity index (χ0n) is 7.37. The number of phenols is 1. The van der Waals surface area contributed by atoms with Crippen LogP contribution in [0.4, 0.5) is 0 Å². The van der Waals surface area contributed by atoms with Crippen LogP contribution in [0.25, 0.3) is 11.0 Å². The van der Waals surface area contributed by atoms with E-state index in [2.05, 4.69) is 15.9 Å². The Morgan fingerprint density at radius 2 is 2.14 bits per heavy atom. The number of carbonyl (C=O) groups excluding carboxylic acids is 1. The van der Waals surface area contributed by atoms with E-state index >= 15 is 0 Å². The molecule has 1 N–H and O–H groups in total. The lowest BCUT2D eigenvalue weighted by Gasteiger charge is -1.94. The molecule has 0 bridgehead atoms. The van der Waals surface area contributed by atoms with Crippen LogP contribution in [0.1, 0.15) is 17.5 Å². The van der Waals surface area contributed by atoms with Crippen molar-refractivity contribution >= 4 is 32.7 Å². The molecule has 4 heteroatoms. The summed E-state index contributed by atoms with van der Waals surface area (Å²) in [4.78, 5) is 11.0. The van der Waals surface area contributed by atoms with Crippen LogP contribution in [0.5, 0.6) is 5.75 Å². The summed E-state index contributed by atoms with van der Waals surface area (Å²) in [6.45, 7) is 1.42. The van der Waals surface area contributed by atoms with E-state index in [0.29, 0.717) is 11.0 Å². The van der Waals surface area contributed by atoms with Crippen molar-refractivity contribution in [3.05, 3.63) is 28.4 Å². The first-order valence-corrected chi connectivity index (χ1v) is 4.80. The number of carbonyl (C=O) groups is 1. The second kappa shape index (κ2) is 3.13. The van der Waals surface area contributed by atoms with Crippen LogP contribution in [-0.4, -0.2) is 10.9 Å². The van der Waals surface area contributed by atoms with E-state index in [1.165, 1.54) is 13.0 Å². The average Bonchev–Trinajstić information content (AvgIpc) is 2.47. The second-order valence-electron chi connectivity index (χ2n) is 3.01. The standard InChI is InChI=1S/C10H7BrO3/c1-5(12)9-3-6-2-7(11)4-8(13)10(6)14-9/h2-4,13H,1H3. The van der Waals surface area contributed by atoms with Crippen molar-refractivity contribution < 1.29 is 14.3 Å². The Balaban J connectivity index is 2.76. The maximum Gasteiger partial charge on any atom is 0.194 e. The molecule has 0 atom stereocenters. The van der Waals surface area contributed by atoms with E-state index < -0.39 is 0 Å². The van der Waals surface area contributed by atoms with Gasteiger partial charge < -0.3 is 9.52 Å². The van der Waals surface area contributed by atoms with Crippen LogP contribution < -0.4 is 0 Å². The Labute approximate surface area is 88.5 Å². The van der Waals surface area contributed by atoms with E-state index in [0.717, 1.165) is 4.47 Å². The minimum atomic E-state index is -0.156. The van der Waals surface area contributed by atoms with E-state index in [1.807, 2.05) is 0 Å². The Bertz CT molecular complexity index is 513. The predicted octanol–water partition coefficient (Wildman–Crippen LogP) is 3.10. The number of aromatic hydroxyl groups is 1. The van der Waals surface area contributed by atoms with Gasteiger partial charge in [0.15, 0.2) is 22.9 Å². The van der Waals surface area contributed by atoms with Crippen LogP contribution in [0.3, 0.4) is 0 Å². The molecule has 1 aromatic carbocycles.